The fraction of sp³-hybridized carbons (Fsp3) is 0.538. The van der Waals surface area contributed by atoms with Crippen molar-refractivity contribution in [1.29, 1.82) is 0 Å². The van der Waals surface area contributed by atoms with E-state index in [9.17, 15) is 4.39 Å². The number of anilines is 1. The molecule has 2 N–H and O–H groups in total. The molecule has 0 spiro atoms. The van der Waals surface area contributed by atoms with Gasteiger partial charge in [0.05, 0.1) is 5.60 Å². The van der Waals surface area contributed by atoms with Crippen molar-refractivity contribution in [2.75, 3.05) is 11.9 Å². The fourth-order valence-corrected chi connectivity index (χ4v) is 2.19. The van der Waals surface area contributed by atoms with Gasteiger partial charge in [0.2, 0.25) is 0 Å². The van der Waals surface area contributed by atoms with Crippen LogP contribution in [0, 0.1) is 5.82 Å². The van der Waals surface area contributed by atoms with Crippen molar-refractivity contribution in [3.05, 3.63) is 24.0 Å². The summed E-state index contributed by atoms with van der Waals surface area (Å²) in [6, 6.07) is 4.64. The number of aromatic hydroxyl groups is 1. The van der Waals surface area contributed by atoms with Crippen molar-refractivity contribution in [3.63, 3.8) is 0 Å². The maximum atomic E-state index is 13.2. The van der Waals surface area contributed by atoms with E-state index in [0.29, 0.717) is 12.3 Å². The second-order valence-corrected chi connectivity index (χ2v) is 5.11. The van der Waals surface area contributed by atoms with E-state index in [0.717, 1.165) is 12.8 Å². The Labute approximate surface area is 101 Å². The molecule has 1 aromatic carbocycles. The summed E-state index contributed by atoms with van der Waals surface area (Å²) in [5.41, 5.74) is 0.564. The van der Waals surface area contributed by atoms with Gasteiger partial charge in [0.1, 0.15) is 0 Å². The molecule has 0 aliphatic carbocycles. The second kappa shape index (κ2) is 4.53. The molecule has 1 heterocycles. The molecule has 0 radical (unpaired) electrons. The standard InChI is InChI=1S/C13H18FNO2/c1-13(2)8-10(5-6-17-13)15-9-3-4-12(16)11(14)7-9/h3-4,7,10,15-16H,5-6,8H2,1-2H3. The third kappa shape index (κ3) is 3.09. The highest BCUT2D eigenvalue weighted by Crippen LogP contribution is 2.27. The maximum Gasteiger partial charge on any atom is 0.166 e. The summed E-state index contributed by atoms with van der Waals surface area (Å²) in [4.78, 5) is 0. The van der Waals surface area contributed by atoms with Crippen molar-refractivity contribution in [2.24, 2.45) is 0 Å². The van der Waals surface area contributed by atoms with Crippen LogP contribution in [0.2, 0.25) is 0 Å². The van der Waals surface area contributed by atoms with Gasteiger partial charge in [-0.15, -0.1) is 0 Å². The van der Waals surface area contributed by atoms with E-state index in [2.05, 4.69) is 19.2 Å². The average Bonchev–Trinajstić information content (AvgIpc) is 2.22. The van der Waals surface area contributed by atoms with Crippen molar-refractivity contribution in [1.82, 2.24) is 0 Å². The minimum Gasteiger partial charge on any atom is -0.505 e. The Balaban J connectivity index is 2.03. The Morgan fingerprint density at radius 1 is 1.47 bits per heavy atom. The Bertz CT molecular complexity index is 406. The highest BCUT2D eigenvalue weighted by atomic mass is 19.1. The molecule has 3 nitrogen and oxygen atoms in total. The van der Waals surface area contributed by atoms with Gasteiger partial charge < -0.3 is 15.2 Å². The fourth-order valence-electron chi connectivity index (χ4n) is 2.19. The zero-order valence-electron chi connectivity index (χ0n) is 10.2. The van der Waals surface area contributed by atoms with Crippen LogP contribution in [0.3, 0.4) is 0 Å². The highest BCUT2D eigenvalue weighted by molar-refractivity contribution is 5.47. The molecule has 0 amide bonds. The van der Waals surface area contributed by atoms with E-state index < -0.39 is 5.82 Å². The first kappa shape index (κ1) is 12.2. The van der Waals surface area contributed by atoms with Gasteiger partial charge in [-0.05, 0) is 38.8 Å². The Hall–Kier alpha value is -1.29. The number of rotatable bonds is 2. The first-order valence-corrected chi connectivity index (χ1v) is 5.85. The zero-order chi connectivity index (χ0) is 12.5. The van der Waals surface area contributed by atoms with Crippen molar-refractivity contribution >= 4 is 5.69 Å². The summed E-state index contributed by atoms with van der Waals surface area (Å²) >= 11 is 0. The summed E-state index contributed by atoms with van der Waals surface area (Å²) < 4.78 is 18.8. The number of nitrogens with one attached hydrogen (secondary N) is 1. The largest absolute Gasteiger partial charge is 0.505 e. The lowest BCUT2D eigenvalue weighted by atomic mass is 9.94. The molecular formula is C13H18FNO2. The summed E-state index contributed by atoms with van der Waals surface area (Å²) in [6.07, 6.45) is 1.79. The maximum absolute atomic E-state index is 13.2. The molecule has 1 aliphatic rings. The van der Waals surface area contributed by atoms with Gasteiger partial charge in [-0.1, -0.05) is 0 Å². The van der Waals surface area contributed by atoms with E-state index in [1.54, 1.807) is 6.07 Å². The molecule has 1 aromatic rings. The Morgan fingerprint density at radius 2 is 2.24 bits per heavy atom. The summed E-state index contributed by atoms with van der Waals surface area (Å²) in [5, 5.41) is 12.4. The van der Waals surface area contributed by atoms with Crippen LogP contribution in [0.4, 0.5) is 10.1 Å². The normalized spacial score (nSPS) is 23.4. The second-order valence-electron chi connectivity index (χ2n) is 5.11. The lowest BCUT2D eigenvalue weighted by Gasteiger charge is -2.36. The monoisotopic (exact) mass is 239 g/mol. The lowest BCUT2D eigenvalue weighted by Crippen LogP contribution is -2.40. The molecule has 0 bridgehead atoms. The Kier molecular flexibility index (Phi) is 3.24. The molecule has 4 heteroatoms. The van der Waals surface area contributed by atoms with E-state index in [1.165, 1.54) is 12.1 Å². The topological polar surface area (TPSA) is 41.5 Å². The third-order valence-electron chi connectivity index (χ3n) is 3.02. The third-order valence-corrected chi connectivity index (χ3v) is 3.02. The number of hydrogen-bond acceptors (Lipinski definition) is 3. The molecule has 1 fully saturated rings. The van der Waals surface area contributed by atoms with Gasteiger partial charge in [0, 0.05) is 24.4 Å². The smallest absolute Gasteiger partial charge is 0.166 e. The average molecular weight is 239 g/mol. The molecule has 0 aromatic heterocycles. The number of benzene rings is 1. The molecule has 1 saturated heterocycles. The molecule has 1 aliphatic heterocycles. The van der Waals surface area contributed by atoms with Gasteiger partial charge in [0.15, 0.2) is 11.6 Å². The first-order valence-electron chi connectivity index (χ1n) is 5.85. The summed E-state index contributed by atoms with van der Waals surface area (Å²) in [7, 11) is 0. The lowest BCUT2D eigenvalue weighted by molar-refractivity contribution is -0.0553. The van der Waals surface area contributed by atoms with Crippen LogP contribution in [0.5, 0.6) is 5.75 Å². The molecule has 0 saturated carbocycles. The van der Waals surface area contributed by atoms with Gasteiger partial charge in [-0.25, -0.2) is 4.39 Å². The zero-order valence-corrected chi connectivity index (χ0v) is 10.2. The van der Waals surface area contributed by atoms with Gasteiger partial charge >= 0.3 is 0 Å². The van der Waals surface area contributed by atoms with E-state index in [-0.39, 0.29) is 17.4 Å². The summed E-state index contributed by atoms with van der Waals surface area (Å²) in [6.45, 7) is 4.82. The first-order chi connectivity index (χ1) is 7.96. The number of ether oxygens (including phenoxy) is 1. The molecule has 94 valence electrons. The van der Waals surface area contributed by atoms with Crippen LogP contribution in [0.15, 0.2) is 18.2 Å². The number of phenols is 1. The number of halogens is 1. The number of hydrogen-bond donors (Lipinski definition) is 2. The predicted molar refractivity (Wildman–Crippen MR) is 64.7 cm³/mol. The molecule has 1 atom stereocenters. The highest BCUT2D eigenvalue weighted by Gasteiger charge is 2.28. The SMILES string of the molecule is CC1(C)CC(Nc2ccc(O)c(F)c2)CCO1. The van der Waals surface area contributed by atoms with Crippen molar-refractivity contribution in [3.8, 4) is 5.75 Å². The van der Waals surface area contributed by atoms with Crippen LogP contribution in [0.1, 0.15) is 26.7 Å². The van der Waals surface area contributed by atoms with Crippen LogP contribution >= 0.6 is 0 Å². The quantitative estimate of drug-likeness (QED) is 0.780. The molecule has 2 rings (SSSR count). The minimum atomic E-state index is -0.596. The predicted octanol–water partition coefficient (Wildman–Crippen LogP) is 2.90. The van der Waals surface area contributed by atoms with Gasteiger partial charge in [-0.2, -0.15) is 0 Å². The van der Waals surface area contributed by atoms with Crippen LogP contribution < -0.4 is 5.32 Å². The number of phenolic OH excluding ortho intramolecular Hbond substituents is 1. The molecular weight excluding hydrogens is 221 g/mol. The summed E-state index contributed by atoms with van der Waals surface area (Å²) in [5.74, 6) is -0.913. The van der Waals surface area contributed by atoms with Gasteiger partial charge in [-0.3, -0.25) is 0 Å². The van der Waals surface area contributed by atoms with E-state index >= 15 is 0 Å². The van der Waals surface area contributed by atoms with E-state index in [4.69, 9.17) is 9.84 Å². The Morgan fingerprint density at radius 3 is 2.88 bits per heavy atom. The van der Waals surface area contributed by atoms with E-state index in [1.807, 2.05) is 0 Å². The minimum absolute atomic E-state index is 0.134. The van der Waals surface area contributed by atoms with Crippen LogP contribution in [-0.4, -0.2) is 23.4 Å². The van der Waals surface area contributed by atoms with Crippen LogP contribution in [0.25, 0.3) is 0 Å². The van der Waals surface area contributed by atoms with Crippen molar-refractivity contribution in [2.45, 2.75) is 38.3 Å². The molecule has 17 heavy (non-hydrogen) atoms. The van der Waals surface area contributed by atoms with Crippen LogP contribution in [-0.2, 0) is 4.74 Å². The molecule has 1 unspecified atom stereocenters. The van der Waals surface area contributed by atoms with Crippen molar-refractivity contribution < 1.29 is 14.2 Å². The van der Waals surface area contributed by atoms with Gasteiger partial charge in [0.25, 0.3) is 0 Å².